The van der Waals surface area contributed by atoms with Gasteiger partial charge in [0.2, 0.25) is 0 Å². The van der Waals surface area contributed by atoms with Crippen molar-refractivity contribution in [2.45, 2.75) is 0 Å². The fourth-order valence-corrected chi connectivity index (χ4v) is 1.39. The Balaban J connectivity index is 2.58. The average Bonchev–Trinajstić information content (AvgIpc) is 2.20. The molecule has 3 N–H and O–H groups in total. The number of anilines is 1. The van der Waals surface area contributed by atoms with Gasteiger partial charge in [-0.2, -0.15) is 0 Å². The van der Waals surface area contributed by atoms with E-state index in [1.807, 2.05) is 0 Å². The highest BCUT2D eigenvalue weighted by Crippen LogP contribution is 2.21. The van der Waals surface area contributed by atoms with E-state index in [9.17, 15) is 13.6 Å². The van der Waals surface area contributed by atoms with Crippen molar-refractivity contribution in [3.05, 3.63) is 52.5 Å². The van der Waals surface area contributed by atoms with Crippen LogP contribution >= 0.6 is 0 Å². The molecular formula is C11H8F2N2O. The number of aromatic amines is 1. The molecule has 0 amide bonds. The molecule has 1 aromatic carbocycles. The van der Waals surface area contributed by atoms with Crippen LogP contribution in [-0.2, 0) is 0 Å². The normalized spacial score (nSPS) is 10.4. The molecule has 0 unspecified atom stereocenters. The van der Waals surface area contributed by atoms with Crippen LogP contribution < -0.4 is 11.3 Å². The van der Waals surface area contributed by atoms with E-state index in [1.165, 1.54) is 12.3 Å². The minimum absolute atomic E-state index is 0.00201. The molecule has 1 aromatic heterocycles. The van der Waals surface area contributed by atoms with Crippen molar-refractivity contribution in [2.24, 2.45) is 0 Å². The Morgan fingerprint density at radius 2 is 1.62 bits per heavy atom. The molecule has 0 bridgehead atoms. The topological polar surface area (TPSA) is 58.9 Å². The van der Waals surface area contributed by atoms with Crippen LogP contribution in [0.3, 0.4) is 0 Å². The van der Waals surface area contributed by atoms with Crippen molar-refractivity contribution in [2.75, 3.05) is 5.73 Å². The van der Waals surface area contributed by atoms with Gasteiger partial charge in [0.05, 0.1) is 5.69 Å². The zero-order valence-corrected chi connectivity index (χ0v) is 8.13. The molecule has 0 spiro atoms. The number of aromatic nitrogens is 1. The fourth-order valence-electron chi connectivity index (χ4n) is 1.39. The van der Waals surface area contributed by atoms with Gasteiger partial charge < -0.3 is 10.7 Å². The van der Waals surface area contributed by atoms with Crippen LogP contribution in [0, 0.1) is 11.6 Å². The van der Waals surface area contributed by atoms with Crippen LogP contribution in [0.15, 0.2) is 35.3 Å². The van der Waals surface area contributed by atoms with Crippen LogP contribution in [0.2, 0.25) is 0 Å². The quantitative estimate of drug-likeness (QED) is 0.774. The molecule has 0 atom stereocenters. The van der Waals surface area contributed by atoms with Gasteiger partial charge in [0.15, 0.2) is 0 Å². The number of H-pyrrole nitrogens is 1. The van der Waals surface area contributed by atoms with Gasteiger partial charge in [-0.05, 0) is 23.8 Å². The summed E-state index contributed by atoms with van der Waals surface area (Å²) >= 11 is 0. The number of rotatable bonds is 1. The molecule has 1 heterocycles. The van der Waals surface area contributed by atoms with Gasteiger partial charge in [0, 0.05) is 17.8 Å². The smallest absolute Gasteiger partial charge is 0.271 e. The summed E-state index contributed by atoms with van der Waals surface area (Å²) in [5, 5.41) is 0. The van der Waals surface area contributed by atoms with E-state index in [4.69, 9.17) is 5.73 Å². The lowest BCUT2D eigenvalue weighted by Crippen LogP contribution is -2.10. The molecule has 82 valence electrons. The summed E-state index contributed by atoms with van der Waals surface area (Å²) in [6.45, 7) is 0. The fraction of sp³-hybridized carbons (Fsp3) is 0. The number of nitrogens with two attached hydrogens (primary N) is 1. The van der Waals surface area contributed by atoms with Crippen molar-refractivity contribution in [1.82, 2.24) is 4.98 Å². The summed E-state index contributed by atoms with van der Waals surface area (Å²) in [6.07, 6.45) is 1.35. The van der Waals surface area contributed by atoms with Gasteiger partial charge in [-0.1, -0.05) is 0 Å². The van der Waals surface area contributed by atoms with E-state index in [-0.39, 0.29) is 5.69 Å². The molecule has 2 aromatic rings. The number of nitrogen functional groups attached to an aromatic ring is 1. The first-order valence-corrected chi connectivity index (χ1v) is 4.51. The van der Waals surface area contributed by atoms with Gasteiger partial charge in [-0.3, -0.25) is 4.79 Å². The maximum atomic E-state index is 13.0. The summed E-state index contributed by atoms with van der Waals surface area (Å²) < 4.78 is 25.9. The number of hydrogen-bond acceptors (Lipinski definition) is 2. The van der Waals surface area contributed by atoms with E-state index >= 15 is 0 Å². The van der Waals surface area contributed by atoms with Crippen LogP contribution in [0.4, 0.5) is 14.5 Å². The van der Waals surface area contributed by atoms with Gasteiger partial charge >= 0.3 is 0 Å². The van der Waals surface area contributed by atoms with E-state index < -0.39 is 17.2 Å². The largest absolute Gasteiger partial charge is 0.394 e. The van der Waals surface area contributed by atoms with Crippen molar-refractivity contribution in [1.29, 1.82) is 0 Å². The second-order valence-electron chi connectivity index (χ2n) is 3.33. The zero-order valence-electron chi connectivity index (χ0n) is 8.13. The molecule has 2 rings (SSSR count). The summed E-state index contributed by atoms with van der Waals surface area (Å²) in [6, 6.07) is 4.47. The minimum Gasteiger partial charge on any atom is -0.394 e. The molecule has 0 radical (unpaired) electrons. The van der Waals surface area contributed by atoms with Gasteiger partial charge in [-0.15, -0.1) is 0 Å². The highest BCUT2D eigenvalue weighted by atomic mass is 19.1. The molecule has 0 aliphatic heterocycles. The number of nitrogens with one attached hydrogen (secondary N) is 1. The summed E-state index contributed by atoms with van der Waals surface area (Å²) in [5.41, 5.74) is 5.75. The van der Waals surface area contributed by atoms with E-state index in [0.717, 1.165) is 18.2 Å². The second-order valence-corrected chi connectivity index (χ2v) is 3.33. The zero-order chi connectivity index (χ0) is 11.7. The Kier molecular flexibility index (Phi) is 2.44. The molecule has 16 heavy (non-hydrogen) atoms. The lowest BCUT2D eigenvalue weighted by atomic mass is 10.1. The van der Waals surface area contributed by atoms with Crippen molar-refractivity contribution in [3.8, 4) is 11.1 Å². The number of pyridine rings is 1. The maximum absolute atomic E-state index is 13.0. The molecule has 0 saturated heterocycles. The minimum atomic E-state index is -0.681. The molecule has 0 fully saturated rings. The Hall–Kier alpha value is -2.17. The maximum Gasteiger partial charge on any atom is 0.271 e. The van der Waals surface area contributed by atoms with E-state index in [1.54, 1.807) is 0 Å². The SMILES string of the molecule is Nc1cc(-c2cc(F)cc(F)c2)c[nH]c1=O. The molecule has 3 nitrogen and oxygen atoms in total. The van der Waals surface area contributed by atoms with Crippen molar-refractivity contribution >= 4 is 5.69 Å². The standard InChI is InChI=1S/C11H8F2N2O/c12-8-1-6(2-9(13)4-8)7-3-10(14)11(16)15-5-7/h1-5H,14H2,(H,15,16). The van der Waals surface area contributed by atoms with Crippen LogP contribution in [0.25, 0.3) is 11.1 Å². The van der Waals surface area contributed by atoms with E-state index in [2.05, 4.69) is 4.98 Å². The highest BCUT2D eigenvalue weighted by molar-refractivity contribution is 5.65. The molecule has 5 heteroatoms. The van der Waals surface area contributed by atoms with Crippen LogP contribution in [0.5, 0.6) is 0 Å². The van der Waals surface area contributed by atoms with Crippen molar-refractivity contribution < 1.29 is 8.78 Å². The molecule has 0 saturated carbocycles. The molecule has 0 aliphatic carbocycles. The summed E-state index contributed by atoms with van der Waals surface area (Å²) in [4.78, 5) is 13.4. The van der Waals surface area contributed by atoms with Crippen molar-refractivity contribution in [3.63, 3.8) is 0 Å². The Bertz CT molecular complexity index is 573. The number of hydrogen-bond donors (Lipinski definition) is 2. The Morgan fingerprint density at radius 3 is 2.19 bits per heavy atom. The van der Waals surface area contributed by atoms with Crippen LogP contribution in [-0.4, -0.2) is 4.98 Å². The average molecular weight is 222 g/mol. The lowest BCUT2D eigenvalue weighted by molar-refractivity contribution is 0.584. The molecular weight excluding hydrogens is 214 g/mol. The first-order chi connectivity index (χ1) is 7.56. The number of benzene rings is 1. The van der Waals surface area contributed by atoms with Gasteiger partial charge in [0.1, 0.15) is 11.6 Å². The Labute approximate surface area is 89.5 Å². The monoisotopic (exact) mass is 222 g/mol. The van der Waals surface area contributed by atoms with Gasteiger partial charge in [-0.25, -0.2) is 8.78 Å². The second kappa shape index (κ2) is 3.77. The third kappa shape index (κ3) is 1.93. The first-order valence-electron chi connectivity index (χ1n) is 4.51. The number of halogens is 2. The lowest BCUT2D eigenvalue weighted by Gasteiger charge is -2.02. The predicted octanol–water partition coefficient (Wildman–Crippen LogP) is 1.90. The van der Waals surface area contributed by atoms with Gasteiger partial charge in [0.25, 0.3) is 5.56 Å². The highest BCUT2D eigenvalue weighted by Gasteiger charge is 2.04. The predicted molar refractivity (Wildman–Crippen MR) is 56.8 cm³/mol. The Morgan fingerprint density at radius 1 is 1.00 bits per heavy atom. The third-order valence-corrected chi connectivity index (χ3v) is 2.13. The third-order valence-electron chi connectivity index (χ3n) is 2.13. The van der Waals surface area contributed by atoms with E-state index in [0.29, 0.717) is 11.1 Å². The summed E-state index contributed by atoms with van der Waals surface area (Å²) in [7, 11) is 0. The first kappa shape index (κ1) is 10.4. The summed E-state index contributed by atoms with van der Waals surface area (Å²) in [5.74, 6) is -1.36. The van der Waals surface area contributed by atoms with Crippen LogP contribution in [0.1, 0.15) is 0 Å². The molecule has 0 aliphatic rings.